The van der Waals surface area contributed by atoms with E-state index in [1.165, 1.54) is 5.56 Å². The van der Waals surface area contributed by atoms with Crippen LogP contribution in [-0.4, -0.2) is 25.3 Å². The number of hydrogen-bond acceptors (Lipinski definition) is 3. The molecule has 1 fully saturated rings. The quantitative estimate of drug-likeness (QED) is 0.918. The lowest BCUT2D eigenvalue weighted by atomic mass is 9.63. The fourth-order valence-corrected chi connectivity index (χ4v) is 3.61. The zero-order chi connectivity index (χ0) is 14.3. The van der Waals surface area contributed by atoms with Crippen LogP contribution in [0.4, 0.5) is 0 Å². The molecule has 0 radical (unpaired) electrons. The van der Waals surface area contributed by atoms with E-state index in [2.05, 4.69) is 0 Å². The van der Waals surface area contributed by atoms with E-state index in [0.717, 1.165) is 48.3 Å². The number of carbonyl (C=O) groups is 1. The number of fused-ring (bicyclic) bond motifs is 1. The van der Waals surface area contributed by atoms with Crippen LogP contribution >= 0.6 is 0 Å². The Morgan fingerprint density at radius 2 is 1.85 bits per heavy atom. The second-order valence-corrected chi connectivity index (χ2v) is 5.71. The average Bonchev–Trinajstić information content (AvgIpc) is 2.84. The van der Waals surface area contributed by atoms with Gasteiger partial charge in [0.15, 0.2) is 0 Å². The Morgan fingerprint density at radius 3 is 2.35 bits per heavy atom. The summed E-state index contributed by atoms with van der Waals surface area (Å²) in [6, 6.07) is 1.90. The van der Waals surface area contributed by atoms with E-state index in [0.29, 0.717) is 12.8 Å². The summed E-state index contributed by atoms with van der Waals surface area (Å²) in [5.41, 5.74) is 2.36. The number of hydrogen-bond donors (Lipinski definition) is 1. The lowest BCUT2D eigenvalue weighted by molar-refractivity contribution is -0.147. The summed E-state index contributed by atoms with van der Waals surface area (Å²) in [7, 11) is 3.29. The molecule has 0 aliphatic heterocycles. The minimum absolute atomic E-state index is 0.681. The van der Waals surface area contributed by atoms with E-state index in [1.807, 2.05) is 6.07 Å². The standard InChI is InChI=1S/C16H20O4/c1-19-13-9-12(16(15(17)18)7-4-8-16)14(20-2)11-6-3-5-10(11)13/h9H,3-8H2,1-2H3,(H,17,18). The topological polar surface area (TPSA) is 55.8 Å². The molecule has 1 N–H and O–H groups in total. The monoisotopic (exact) mass is 276 g/mol. The van der Waals surface area contributed by atoms with Gasteiger partial charge in [0.1, 0.15) is 11.5 Å². The molecule has 0 amide bonds. The number of carboxylic acid groups (broad SMARTS) is 1. The van der Waals surface area contributed by atoms with Gasteiger partial charge in [0.25, 0.3) is 0 Å². The van der Waals surface area contributed by atoms with Crippen molar-refractivity contribution in [2.45, 2.75) is 43.9 Å². The third-order valence-corrected chi connectivity index (χ3v) is 4.87. The Morgan fingerprint density at radius 1 is 1.15 bits per heavy atom. The van der Waals surface area contributed by atoms with Crippen LogP contribution in [0.5, 0.6) is 11.5 Å². The van der Waals surface area contributed by atoms with Crippen molar-refractivity contribution in [1.82, 2.24) is 0 Å². The zero-order valence-corrected chi connectivity index (χ0v) is 12.0. The number of rotatable bonds is 4. The molecular weight excluding hydrogens is 256 g/mol. The molecule has 0 aromatic heterocycles. The maximum atomic E-state index is 11.8. The molecule has 0 spiro atoms. The molecule has 20 heavy (non-hydrogen) atoms. The first-order chi connectivity index (χ1) is 9.64. The van der Waals surface area contributed by atoms with Gasteiger partial charge >= 0.3 is 5.97 Å². The highest BCUT2D eigenvalue weighted by Crippen LogP contribution is 2.51. The van der Waals surface area contributed by atoms with Crippen LogP contribution in [0, 0.1) is 0 Å². The van der Waals surface area contributed by atoms with Crippen molar-refractivity contribution < 1.29 is 19.4 Å². The Labute approximate surface area is 118 Å². The van der Waals surface area contributed by atoms with Crippen LogP contribution in [-0.2, 0) is 23.1 Å². The first-order valence-electron chi connectivity index (χ1n) is 7.14. The lowest BCUT2D eigenvalue weighted by Gasteiger charge is -2.39. The predicted molar refractivity (Wildman–Crippen MR) is 74.7 cm³/mol. The molecule has 108 valence electrons. The molecule has 1 aromatic rings. The van der Waals surface area contributed by atoms with E-state index in [9.17, 15) is 9.90 Å². The van der Waals surface area contributed by atoms with Gasteiger partial charge in [-0.2, -0.15) is 0 Å². The largest absolute Gasteiger partial charge is 0.496 e. The zero-order valence-electron chi connectivity index (χ0n) is 12.0. The number of ether oxygens (including phenoxy) is 2. The summed E-state index contributed by atoms with van der Waals surface area (Å²) in [6.07, 6.45) is 5.31. The molecule has 4 nitrogen and oxygen atoms in total. The number of aliphatic carboxylic acids is 1. The molecule has 1 saturated carbocycles. The highest BCUT2D eigenvalue weighted by atomic mass is 16.5. The summed E-state index contributed by atoms with van der Waals surface area (Å²) < 4.78 is 11.1. The van der Waals surface area contributed by atoms with Gasteiger partial charge in [0.2, 0.25) is 0 Å². The van der Waals surface area contributed by atoms with Crippen LogP contribution in [0.2, 0.25) is 0 Å². The van der Waals surface area contributed by atoms with Crippen molar-refractivity contribution in [2.75, 3.05) is 14.2 Å². The van der Waals surface area contributed by atoms with Gasteiger partial charge in [-0.3, -0.25) is 4.79 Å². The minimum atomic E-state index is -0.782. The molecule has 0 heterocycles. The molecule has 3 rings (SSSR count). The highest BCUT2D eigenvalue weighted by molar-refractivity contribution is 5.84. The van der Waals surface area contributed by atoms with E-state index >= 15 is 0 Å². The molecule has 0 atom stereocenters. The van der Waals surface area contributed by atoms with Gasteiger partial charge in [-0.1, -0.05) is 6.42 Å². The van der Waals surface area contributed by atoms with Crippen LogP contribution in [0.15, 0.2) is 6.07 Å². The number of methoxy groups -OCH3 is 2. The van der Waals surface area contributed by atoms with Crippen LogP contribution < -0.4 is 9.47 Å². The summed E-state index contributed by atoms with van der Waals surface area (Å²) >= 11 is 0. The fourth-order valence-electron chi connectivity index (χ4n) is 3.61. The Balaban J connectivity index is 2.22. The first kappa shape index (κ1) is 13.3. The maximum absolute atomic E-state index is 11.8. The van der Waals surface area contributed by atoms with E-state index in [1.54, 1.807) is 14.2 Å². The third kappa shape index (κ3) is 1.63. The van der Waals surface area contributed by atoms with E-state index in [4.69, 9.17) is 9.47 Å². The second kappa shape index (κ2) is 4.69. The van der Waals surface area contributed by atoms with Gasteiger partial charge in [-0.05, 0) is 38.2 Å². The van der Waals surface area contributed by atoms with E-state index < -0.39 is 11.4 Å². The van der Waals surface area contributed by atoms with Gasteiger partial charge < -0.3 is 14.6 Å². The lowest BCUT2D eigenvalue weighted by Crippen LogP contribution is -2.42. The SMILES string of the molecule is COc1cc(C2(C(=O)O)CCC2)c(OC)c2c1CCC2. The molecular formula is C16H20O4. The molecule has 2 aliphatic rings. The average molecular weight is 276 g/mol. The van der Waals surface area contributed by atoms with Gasteiger partial charge in [-0.25, -0.2) is 0 Å². The predicted octanol–water partition coefficient (Wildman–Crippen LogP) is 2.70. The third-order valence-electron chi connectivity index (χ3n) is 4.87. The Kier molecular flexibility index (Phi) is 3.11. The summed E-state index contributed by atoms with van der Waals surface area (Å²) in [5, 5.41) is 9.67. The van der Waals surface area contributed by atoms with Gasteiger partial charge in [-0.15, -0.1) is 0 Å². The van der Waals surface area contributed by atoms with Crippen molar-refractivity contribution in [1.29, 1.82) is 0 Å². The molecule has 1 aromatic carbocycles. The van der Waals surface area contributed by atoms with E-state index in [-0.39, 0.29) is 0 Å². The fraction of sp³-hybridized carbons (Fsp3) is 0.562. The molecule has 0 saturated heterocycles. The second-order valence-electron chi connectivity index (χ2n) is 5.71. The maximum Gasteiger partial charge on any atom is 0.314 e. The summed E-state index contributed by atoms with van der Waals surface area (Å²) in [6.45, 7) is 0. The number of carboxylic acids is 1. The number of benzene rings is 1. The summed E-state index contributed by atoms with van der Waals surface area (Å²) in [4.78, 5) is 11.8. The van der Waals surface area contributed by atoms with Crippen LogP contribution in [0.1, 0.15) is 42.4 Å². The Bertz CT molecular complexity index is 558. The molecule has 2 aliphatic carbocycles. The molecule has 0 bridgehead atoms. The normalized spacial score (nSPS) is 19.1. The van der Waals surface area contributed by atoms with Crippen molar-refractivity contribution in [2.24, 2.45) is 0 Å². The van der Waals surface area contributed by atoms with Gasteiger partial charge in [0, 0.05) is 16.7 Å². The van der Waals surface area contributed by atoms with Crippen molar-refractivity contribution in [3.05, 3.63) is 22.8 Å². The summed E-state index contributed by atoms with van der Waals surface area (Å²) in [5.74, 6) is 0.850. The van der Waals surface area contributed by atoms with Crippen LogP contribution in [0.3, 0.4) is 0 Å². The highest BCUT2D eigenvalue weighted by Gasteiger charge is 2.49. The van der Waals surface area contributed by atoms with Crippen molar-refractivity contribution in [3.63, 3.8) is 0 Å². The first-order valence-corrected chi connectivity index (χ1v) is 7.14. The smallest absolute Gasteiger partial charge is 0.314 e. The van der Waals surface area contributed by atoms with Crippen molar-refractivity contribution >= 4 is 5.97 Å². The van der Waals surface area contributed by atoms with Crippen LogP contribution in [0.25, 0.3) is 0 Å². The molecule has 0 unspecified atom stereocenters. The Hall–Kier alpha value is -1.71. The molecule has 4 heteroatoms. The minimum Gasteiger partial charge on any atom is -0.496 e. The van der Waals surface area contributed by atoms with Crippen molar-refractivity contribution in [3.8, 4) is 11.5 Å². The van der Waals surface area contributed by atoms with Gasteiger partial charge in [0.05, 0.1) is 19.6 Å².